The second kappa shape index (κ2) is 4.11. The Bertz CT molecular complexity index is 446. The van der Waals surface area contributed by atoms with Gasteiger partial charge in [-0.1, -0.05) is 27.4 Å². The zero-order valence-electron chi connectivity index (χ0n) is 13.4. The fraction of sp³-hybridized carbons (Fsp3) is 0.833. The van der Waals surface area contributed by atoms with Crippen LogP contribution in [0.25, 0.3) is 0 Å². The van der Waals surface area contributed by atoms with Gasteiger partial charge in [-0.25, -0.2) is 4.79 Å². The molecule has 2 heteroatoms. The average molecular weight is 276 g/mol. The zero-order valence-corrected chi connectivity index (χ0v) is 13.4. The molecule has 0 aromatic heterocycles. The van der Waals surface area contributed by atoms with Crippen LogP contribution in [0.15, 0.2) is 12.2 Å². The molecule has 0 aromatic carbocycles. The number of esters is 1. The van der Waals surface area contributed by atoms with E-state index < -0.39 is 0 Å². The molecular formula is C18H28O2. The van der Waals surface area contributed by atoms with Crippen LogP contribution in [0.3, 0.4) is 0 Å². The molecule has 112 valence electrons. The summed E-state index contributed by atoms with van der Waals surface area (Å²) >= 11 is 0. The van der Waals surface area contributed by atoms with Crippen molar-refractivity contribution in [3.05, 3.63) is 12.2 Å². The van der Waals surface area contributed by atoms with Gasteiger partial charge >= 0.3 is 5.97 Å². The van der Waals surface area contributed by atoms with Gasteiger partial charge in [0.15, 0.2) is 0 Å². The molecule has 4 rings (SSSR count). The Balaban J connectivity index is 1.98. The highest BCUT2D eigenvalue weighted by atomic mass is 16.6. The Morgan fingerprint density at radius 2 is 1.75 bits per heavy atom. The Kier molecular flexibility index (Phi) is 2.91. The highest BCUT2D eigenvalue weighted by Crippen LogP contribution is 2.69. The minimum atomic E-state index is -0.215. The number of hydrogen-bond acceptors (Lipinski definition) is 2. The largest absolute Gasteiger partial charge is 0.455 e. The Labute approximate surface area is 123 Å². The van der Waals surface area contributed by atoms with Crippen LogP contribution in [0.5, 0.6) is 0 Å². The second-order valence-electron chi connectivity index (χ2n) is 8.57. The summed E-state index contributed by atoms with van der Waals surface area (Å²) in [4.78, 5) is 12.2. The summed E-state index contributed by atoms with van der Waals surface area (Å²) in [5.41, 5.74) is 1.06. The standard InChI is InChI=1S/C18H28O2/c1-6-14-13-7-16(4)9-17(5,8-13)11-18(14,10-16)20-15(19)12(2)3/h13-14H,2,6-11H2,1,3-5H3. The Hall–Kier alpha value is -0.790. The molecule has 4 aliphatic rings. The van der Waals surface area contributed by atoms with Crippen LogP contribution in [-0.4, -0.2) is 11.6 Å². The summed E-state index contributed by atoms with van der Waals surface area (Å²) in [7, 11) is 0. The maximum Gasteiger partial charge on any atom is 0.333 e. The Morgan fingerprint density at radius 3 is 2.20 bits per heavy atom. The first-order chi connectivity index (χ1) is 9.21. The van der Waals surface area contributed by atoms with Gasteiger partial charge in [0.05, 0.1) is 0 Å². The van der Waals surface area contributed by atoms with Crippen LogP contribution in [0.4, 0.5) is 0 Å². The van der Waals surface area contributed by atoms with E-state index in [9.17, 15) is 4.79 Å². The number of rotatable bonds is 3. The number of carbonyl (C=O) groups is 1. The van der Waals surface area contributed by atoms with Crippen molar-refractivity contribution in [3.8, 4) is 0 Å². The van der Waals surface area contributed by atoms with E-state index in [4.69, 9.17) is 4.74 Å². The quantitative estimate of drug-likeness (QED) is 0.561. The molecule has 20 heavy (non-hydrogen) atoms. The highest BCUT2D eigenvalue weighted by Gasteiger charge is 2.65. The number of hydrogen-bond donors (Lipinski definition) is 0. The lowest BCUT2D eigenvalue weighted by Crippen LogP contribution is -2.64. The molecule has 3 atom stereocenters. The van der Waals surface area contributed by atoms with Crippen molar-refractivity contribution in [1.82, 2.24) is 0 Å². The van der Waals surface area contributed by atoms with Crippen molar-refractivity contribution in [2.75, 3.05) is 0 Å². The van der Waals surface area contributed by atoms with Gasteiger partial charge < -0.3 is 4.74 Å². The lowest BCUT2D eigenvalue weighted by atomic mass is 9.40. The molecule has 4 bridgehead atoms. The SMILES string of the molecule is C=C(C)C(=O)OC12CC3(C)CC(CC(C)(C3)C1)C2CC. The van der Waals surface area contributed by atoms with Crippen molar-refractivity contribution < 1.29 is 9.53 Å². The predicted octanol–water partition coefficient (Wildman–Crippen LogP) is 4.49. The predicted molar refractivity (Wildman–Crippen MR) is 80.2 cm³/mol. The van der Waals surface area contributed by atoms with E-state index in [0.717, 1.165) is 25.2 Å². The summed E-state index contributed by atoms with van der Waals surface area (Å²) in [6.45, 7) is 12.6. The summed E-state index contributed by atoms with van der Waals surface area (Å²) in [6, 6.07) is 0. The molecule has 0 radical (unpaired) electrons. The van der Waals surface area contributed by atoms with E-state index in [2.05, 4.69) is 27.4 Å². The van der Waals surface area contributed by atoms with Crippen LogP contribution >= 0.6 is 0 Å². The van der Waals surface area contributed by atoms with Crippen LogP contribution in [0, 0.1) is 22.7 Å². The van der Waals surface area contributed by atoms with Crippen LogP contribution < -0.4 is 0 Å². The molecule has 4 aliphatic carbocycles. The molecule has 0 saturated heterocycles. The minimum absolute atomic E-state index is 0.183. The number of carbonyl (C=O) groups excluding carboxylic acids is 1. The zero-order chi connectivity index (χ0) is 14.8. The molecule has 2 nitrogen and oxygen atoms in total. The fourth-order valence-corrected chi connectivity index (χ4v) is 6.39. The molecule has 0 aliphatic heterocycles. The lowest BCUT2D eigenvalue weighted by molar-refractivity contribution is -0.241. The van der Waals surface area contributed by atoms with Gasteiger partial charge in [-0.2, -0.15) is 0 Å². The normalized spacial score (nSPS) is 49.2. The first-order valence-corrected chi connectivity index (χ1v) is 8.10. The van der Waals surface area contributed by atoms with E-state index in [-0.39, 0.29) is 11.6 Å². The fourth-order valence-electron chi connectivity index (χ4n) is 6.39. The van der Waals surface area contributed by atoms with Crippen molar-refractivity contribution in [2.24, 2.45) is 22.7 Å². The molecule has 0 spiro atoms. The van der Waals surface area contributed by atoms with Gasteiger partial charge in [0.2, 0.25) is 0 Å². The molecule has 3 unspecified atom stereocenters. The van der Waals surface area contributed by atoms with Crippen LogP contribution in [-0.2, 0) is 9.53 Å². The van der Waals surface area contributed by atoms with Crippen LogP contribution in [0.2, 0.25) is 0 Å². The van der Waals surface area contributed by atoms with Crippen molar-refractivity contribution in [3.63, 3.8) is 0 Å². The third-order valence-corrected chi connectivity index (χ3v) is 6.14. The maximum absolute atomic E-state index is 12.2. The first-order valence-electron chi connectivity index (χ1n) is 8.10. The van der Waals surface area contributed by atoms with Gasteiger partial charge in [0.1, 0.15) is 5.60 Å². The summed E-state index contributed by atoms with van der Waals surface area (Å²) in [6.07, 6.45) is 7.20. The van der Waals surface area contributed by atoms with E-state index in [1.165, 1.54) is 19.3 Å². The summed E-state index contributed by atoms with van der Waals surface area (Å²) in [5.74, 6) is 1.11. The van der Waals surface area contributed by atoms with E-state index in [1.807, 2.05) is 0 Å². The molecule has 4 fully saturated rings. The summed E-state index contributed by atoms with van der Waals surface area (Å²) in [5, 5.41) is 0. The monoisotopic (exact) mass is 276 g/mol. The van der Waals surface area contributed by atoms with Crippen LogP contribution in [0.1, 0.15) is 66.2 Å². The minimum Gasteiger partial charge on any atom is -0.455 e. The lowest BCUT2D eigenvalue weighted by Gasteiger charge is -2.67. The van der Waals surface area contributed by atoms with E-state index in [1.54, 1.807) is 6.92 Å². The average Bonchev–Trinajstić information content (AvgIpc) is 2.23. The van der Waals surface area contributed by atoms with E-state index in [0.29, 0.717) is 22.3 Å². The number of ether oxygens (including phenoxy) is 1. The smallest absolute Gasteiger partial charge is 0.333 e. The summed E-state index contributed by atoms with van der Waals surface area (Å²) < 4.78 is 6.11. The maximum atomic E-state index is 12.2. The topological polar surface area (TPSA) is 26.3 Å². The van der Waals surface area contributed by atoms with Gasteiger partial charge in [-0.3, -0.25) is 0 Å². The van der Waals surface area contributed by atoms with Crippen molar-refractivity contribution in [1.29, 1.82) is 0 Å². The molecule has 0 heterocycles. The van der Waals surface area contributed by atoms with Gasteiger partial charge in [-0.15, -0.1) is 0 Å². The molecule has 0 amide bonds. The second-order valence-corrected chi connectivity index (χ2v) is 8.57. The van der Waals surface area contributed by atoms with Gasteiger partial charge in [-0.05, 0) is 62.2 Å². The van der Waals surface area contributed by atoms with Crippen molar-refractivity contribution >= 4 is 5.97 Å². The highest BCUT2D eigenvalue weighted by molar-refractivity contribution is 5.87. The molecule has 4 saturated carbocycles. The first kappa shape index (κ1) is 14.2. The van der Waals surface area contributed by atoms with Crippen molar-refractivity contribution in [2.45, 2.75) is 71.8 Å². The molecule has 0 aromatic rings. The van der Waals surface area contributed by atoms with Gasteiger partial charge in [0, 0.05) is 11.5 Å². The van der Waals surface area contributed by atoms with E-state index >= 15 is 0 Å². The van der Waals surface area contributed by atoms with Gasteiger partial charge in [0.25, 0.3) is 0 Å². The Morgan fingerprint density at radius 1 is 1.20 bits per heavy atom. The molecule has 0 N–H and O–H groups in total. The third-order valence-electron chi connectivity index (χ3n) is 6.14. The molecular weight excluding hydrogens is 248 g/mol. The third kappa shape index (κ3) is 1.95.